The van der Waals surface area contributed by atoms with Crippen molar-refractivity contribution in [3.05, 3.63) is 170 Å². The number of aromatic nitrogens is 2. The van der Waals surface area contributed by atoms with E-state index in [1.807, 2.05) is 24.3 Å². The summed E-state index contributed by atoms with van der Waals surface area (Å²) >= 11 is 0. The highest BCUT2D eigenvalue weighted by Gasteiger charge is 2.18. The molecule has 9 rings (SSSR count). The second-order valence-electron chi connectivity index (χ2n) is 11.5. The number of hydrogen-bond acceptors (Lipinski definition) is 0. The molecule has 0 aliphatic heterocycles. The molecule has 2 aromatic heterocycles. The van der Waals surface area contributed by atoms with E-state index in [1.54, 1.807) is 12.1 Å². The number of halogens is 1. The smallest absolute Gasteiger partial charge is 0.133 e. The van der Waals surface area contributed by atoms with Crippen LogP contribution in [0.3, 0.4) is 0 Å². The number of benzene rings is 7. The van der Waals surface area contributed by atoms with E-state index in [9.17, 15) is 0 Å². The van der Waals surface area contributed by atoms with Gasteiger partial charge in [0.05, 0.1) is 22.1 Å². The van der Waals surface area contributed by atoms with Gasteiger partial charge in [0.15, 0.2) is 0 Å². The van der Waals surface area contributed by atoms with E-state index in [0.717, 1.165) is 50.0 Å². The molecule has 9 aromatic rings. The molecule has 3 heteroatoms. The maximum atomic E-state index is 15.5. The molecule has 0 atom stereocenters. The lowest BCUT2D eigenvalue weighted by molar-refractivity contribution is 0.640. The van der Waals surface area contributed by atoms with Gasteiger partial charge in [0.1, 0.15) is 5.82 Å². The molecule has 0 spiro atoms. The zero-order chi connectivity index (χ0) is 29.9. The van der Waals surface area contributed by atoms with Crippen molar-refractivity contribution in [1.29, 1.82) is 0 Å². The Balaban J connectivity index is 1.29. The molecule has 0 aliphatic carbocycles. The van der Waals surface area contributed by atoms with Gasteiger partial charge in [0.25, 0.3) is 0 Å². The van der Waals surface area contributed by atoms with Crippen LogP contribution >= 0.6 is 0 Å². The zero-order valence-electron chi connectivity index (χ0n) is 24.4. The van der Waals surface area contributed by atoms with E-state index >= 15 is 4.39 Å². The van der Waals surface area contributed by atoms with Gasteiger partial charge in [0, 0.05) is 32.9 Å². The van der Waals surface area contributed by atoms with Gasteiger partial charge in [-0.2, -0.15) is 0 Å². The van der Waals surface area contributed by atoms with Crippen molar-refractivity contribution in [1.82, 2.24) is 9.13 Å². The third kappa shape index (κ3) is 4.01. The minimum atomic E-state index is -0.209. The molecular weight excluding hydrogens is 551 g/mol. The van der Waals surface area contributed by atoms with Crippen LogP contribution in [0, 0.1) is 5.82 Å². The summed E-state index contributed by atoms with van der Waals surface area (Å²) in [5.74, 6) is -0.209. The molecule has 0 unspecified atom stereocenters. The molecule has 0 saturated heterocycles. The van der Waals surface area contributed by atoms with Gasteiger partial charge in [-0.1, -0.05) is 91.0 Å². The van der Waals surface area contributed by atoms with E-state index in [2.05, 4.69) is 137 Å². The minimum absolute atomic E-state index is 0.209. The number of rotatable bonds is 4. The molecule has 0 N–H and O–H groups in total. The van der Waals surface area contributed by atoms with E-state index in [0.29, 0.717) is 5.39 Å². The Morgan fingerprint density at radius 3 is 1.33 bits per heavy atom. The average Bonchev–Trinajstić information content (AvgIpc) is 3.62. The Hall–Kier alpha value is -5.93. The van der Waals surface area contributed by atoms with E-state index in [1.165, 1.54) is 21.9 Å². The Bertz CT molecular complexity index is 2520. The summed E-state index contributed by atoms with van der Waals surface area (Å²) in [5, 5.41) is 3.93. The summed E-state index contributed by atoms with van der Waals surface area (Å²) in [4.78, 5) is 0. The van der Waals surface area contributed by atoms with Crippen molar-refractivity contribution in [3.63, 3.8) is 0 Å². The van der Waals surface area contributed by atoms with Crippen LogP contribution in [0.5, 0.6) is 0 Å². The Kier molecular flexibility index (Phi) is 5.72. The van der Waals surface area contributed by atoms with E-state index in [-0.39, 0.29) is 5.82 Å². The van der Waals surface area contributed by atoms with Crippen LogP contribution in [0.25, 0.3) is 77.2 Å². The van der Waals surface area contributed by atoms with Gasteiger partial charge in [-0.3, -0.25) is 0 Å². The van der Waals surface area contributed by atoms with Crippen LogP contribution < -0.4 is 0 Å². The lowest BCUT2D eigenvalue weighted by atomic mass is 9.99. The molecule has 0 aliphatic rings. The van der Waals surface area contributed by atoms with Crippen molar-refractivity contribution in [2.75, 3.05) is 0 Å². The first-order chi connectivity index (χ1) is 22.2. The summed E-state index contributed by atoms with van der Waals surface area (Å²) in [6.45, 7) is 0. The molecule has 0 radical (unpaired) electrons. The number of hydrogen-bond donors (Lipinski definition) is 0. The molecule has 2 nitrogen and oxygen atoms in total. The topological polar surface area (TPSA) is 9.86 Å². The van der Waals surface area contributed by atoms with Crippen molar-refractivity contribution in [2.24, 2.45) is 0 Å². The molecule has 7 aromatic carbocycles. The lowest BCUT2D eigenvalue weighted by Crippen LogP contribution is -1.93. The van der Waals surface area contributed by atoms with Crippen molar-refractivity contribution in [2.45, 2.75) is 0 Å². The summed E-state index contributed by atoms with van der Waals surface area (Å²) in [5.41, 5.74) is 10.8. The molecule has 0 bridgehead atoms. The largest absolute Gasteiger partial charge is 0.309 e. The Morgan fingerprint density at radius 2 is 0.778 bits per heavy atom. The maximum absolute atomic E-state index is 15.5. The average molecular weight is 579 g/mol. The Labute approximate surface area is 259 Å². The normalized spacial score (nSPS) is 11.7. The summed E-state index contributed by atoms with van der Waals surface area (Å²) < 4.78 is 20.0. The maximum Gasteiger partial charge on any atom is 0.133 e. The van der Waals surface area contributed by atoms with Crippen LogP contribution in [0.2, 0.25) is 0 Å². The van der Waals surface area contributed by atoms with Gasteiger partial charge in [-0.15, -0.1) is 0 Å². The monoisotopic (exact) mass is 578 g/mol. The SMILES string of the molecule is Fc1cccc2c1c1cc(-c3ccc4c(c3)c3cc(-c5ccccc5)ccc3n4-c3ccccc3)ccc1n2-c1ccccc1. The first-order valence-corrected chi connectivity index (χ1v) is 15.2. The zero-order valence-corrected chi connectivity index (χ0v) is 24.4. The lowest BCUT2D eigenvalue weighted by Gasteiger charge is -2.09. The quantitative estimate of drug-likeness (QED) is 0.197. The third-order valence-corrected chi connectivity index (χ3v) is 8.97. The fourth-order valence-corrected chi connectivity index (χ4v) is 6.93. The van der Waals surface area contributed by atoms with Crippen molar-refractivity contribution >= 4 is 43.6 Å². The second-order valence-corrected chi connectivity index (χ2v) is 11.5. The number of fused-ring (bicyclic) bond motifs is 6. The molecule has 0 fully saturated rings. The van der Waals surface area contributed by atoms with Crippen LogP contribution in [0.4, 0.5) is 4.39 Å². The highest BCUT2D eigenvalue weighted by Crippen LogP contribution is 2.39. The molecule has 0 saturated carbocycles. The fourth-order valence-electron chi connectivity index (χ4n) is 6.93. The van der Waals surface area contributed by atoms with Crippen LogP contribution in [-0.2, 0) is 0 Å². The highest BCUT2D eigenvalue weighted by molar-refractivity contribution is 6.13. The highest BCUT2D eigenvalue weighted by atomic mass is 19.1. The van der Waals surface area contributed by atoms with Crippen molar-refractivity contribution in [3.8, 4) is 33.6 Å². The summed E-state index contributed by atoms with van der Waals surface area (Å²) in [6, 6.07) is 56.5. The van der Waals surface area contributed by atoms with Gasteiger partial charge >= 0.3 is 0 Å². The van der Waals surface area contributed by atoms with Gasteiger partial charge in [0.2, 0.25) is 0 Å². The standard InChI is InChI=1S/C42H27FN2/c43-37-17-10-18-41-42(37)36-27-31(21-24-40(36)45(41)33-15-8-3-9-16-33)30-20-23-39-35(26-30)34-25-29(28-11-4-1-5-12-28)19-22-38(34)44(39)32-13-6-2-7-14-32/h1-27H. The van der Waals surface area contributed by atoms with Gasteiger partial charge in [-0.05, 0) is 95.1 Å². The molecular formula is C42H27FN2. The van der Waals surface area contributed by atoms with Gasteiger partial charge in [-0.25, -0.2) is 4.39 Å². The van der Waals surface area contributed by atoms with Crippen LogP contribution in [0.15, 0.2) is 164 Å². The predicted molar refractivity (Wildman–Crippen MR) is 186 cm³/mol. The molecule has 212 valence electrons. The van der Waals surface area contributed by atoms with E-state index < -0.39 is 0 Å². The van der Waals surface area contributed by atoms with Crippen molar-refractivity contribution < 1.29 is 4.39 Å². The minimum Gasteiger partial charge on any atom is -0.309 e. The first kappa shape index (κ1) is 25.6. The fraction of sp³-hybridized carbons (Fsp3) is 0. The first-order valence-electron chi connectivity index (χ1n) is 15.2. The van der Waals surface area contributed by atoms with Crippen LogP contribution in [-0.4, -0.2) is 9.13 Å². The van der Waals surface area contributed by atoms with E-state index in [4.69, 9.17) is 0 Å². The molecule has 45 heavy (non-hydrogen) atoms. The summed E-state index contributed by atoms with van der Waals surface area (Å²) in [7, 11) is 0. The summed E-state index contributed by atoms with van der Waals surface area (Å²) in [6.07, 6.45) is 0. The number of nitrogens with zero attached hydrogens (tertiary/aromatic N) is 2. The Morgan fingerprint density at radius 1 is 0.333 bits per heavy atom. The predicted octanol–water partition coefficient (Wildman–Crippen LogP) is 11.4. The molecule has 2 heterocycles. The number of para-hydroxylation sites is 2. The second kappa shape index (κ2) is 10.1. The third-order valence-electron chi connectivity index (χ3n) is 8.97. The molecule has 0 amide bonds. The van der Waals surface area contributed by atoms with Crippen LogP contribution in [0.1, 0.15) is 0 Å². The van der Waals surface area contributed by atoms with Gasteiger partial charge < -0.3 is 9.13 Å².